The van der Waals surface area contributed by atoms with Gasteiger partial charge in [0.15, 0.2) is 0 Å². The van der Waals surface area contributed by atoms with Gasteiger partial charge in [-0.15, -0.1) is 0 Å². The number of thiophene rings is 1. The summed E-state index contributed by atoms with van der Waals surface area (Å²) in [7, 11) is 0. The zero-order valence-corrected chi connectivity index (χ0v) is 11.4. The molecule has 2 aromatic heterocycles. The number of rotatable bonds is 4. The lowest BCUT2D eigenvalue weighted by molar-refractivity contribution is 0.417. The Morgan fingerprint density at radius 2 is 2.24 bits per heavy atom. The summed E-state index contributed by atoms with van der Waals surface area (Å²) < 4.78 is 2.20. The summed E-state index contributed by atoms with van der Waals surface area (Å²) in [6.45, 7) is 8.28. The Morgan fingerprint density at radius 3 is 2.88 bits per heavy atom. The van der Waals surface area contributed by atoms with E-state index in [9.17, 15) is 0 Å². The molecular formula is C13H19N3S. The lowest BCUT2D eigenvalue weighted by Crippen LogP contribution is -2.35. The van der Waals surface area contributed by atoms with Gasteiger partial charge in [0.2, 0.25) is 0 Å². The van der Waals surface area contributed by atoms with Gasteiger partial charge in [0.25, 0.3) is 0 Å². The minimum absolute atomic E-state index is 0.136. The highest BCUT2D eigenvalue weighted by Gasteiger charge is 2.10. The van der Waals surface area contributed by atoms with E-state index >= 15 is 0 Å². The molecule has 3 nitrogen and oxygen atoms in total. The summed E-state index contributed by atoms with van der Waals surface area (Å²) in [5, 5.41) is 7.78. The van der Waals surface area contributed by atoms with E-state index in [1.807, 2.05) is 12.5 Å². The molecule has 17 heavy (non-hydrogen) atoms. The Balaban J connectivity index is 2.02. The van der Waals surface area contributed by atoms with Crippen LogP contribution in [0, 0.1) is 0 Å². The van der Waals surface area contributed by atoms with Crippen LogP contribution in [-0.4, -0.2) is 15.1 Å². The molecule has 2 aromatic rings. The van der Waals surface area contributed by atoms with Crippen LogP contribution in [0.3, 0.4) is 0 Å². The standard InChI is InChI=1S/C13H19N3S/c1-13(2,3)15-7-12-6-14-10-16(12)8-11-4-5-17-9-11/h4-6,9-10,15H,7-8H2,1-3H3. The first-order valence-electron chi connectivity index (χ1n) is 5.80. The first-order valence-corrected chi connectivity index (χ1v) is 6.74. The zero-order valence-electron chi connectivity index (χ0n) is 10.6. The molecule has 0 amide bonds. The highest BCUT2D eigenvalue weighted by Crippen LogP contribution is 2.10. The van der Waals surface area contributed by atoms with E-state index in [-0.39, 0.29) is 5.54 Å². The summed E-state index contributed by atoms with van der Waals surface area (Å²) in [5.74, 6) is 0. The van der Waals surface area contributed by atoms with Gasteiger partial charge in [-0.05, 0) is 43.2 Å². The molecule has 0 unspecified atom stereocenters. The number of hydrogen-bond donors (Lipinski definition) is 1. The molecule has 2 rings (SSSR count). The Labute approximate surface area is 107 Å². The average Bonchev–Trinajstić information content (AvgIpc) is 2.86. The second-order valence-electron chi connectivity index (χ2n) is 5.25. The predicted octanol–water partition coefficient (Wildman–Crippen LogP) is 2.88. The lowest BCUT2D eigenvalue weighted by Gasteiger charge is -2.20. The van der Waals surface area contributed by atoms with Crippen LogP contribution >= 0.6 is 11.3 Å². The van der Waals surface area contributed by atoms with Gasteiger partial charge in [-0.1, -0.05) is 0 Å². The van der Waals surface area contributed by atoms with Crippen LogP contribution in [0.4, 0.5) is 0 Å². The van der Waals surface area contributed by atoms with Crippen molar-refractivity contribution in [2.75, 3.05) is 0 Å². The average molecular weight is 249 g/mol. The van der Waals surface area contributed by atoms with Crippen molar-refractivity contribution in [3.8, 4) is 0 Å². The summed E-state index contributed by atoms with van der Waals surface area (Å²) in [6.07, 6.45) is 3.84. The minimum atomic E-state index is 0.136. The van der Waals surface area contributed by atoms with Crippen molar-refractivity contribution in [3.05, 3.63) is 40.6 Å². The third-order valence-electron chi connectivity index (χ3n) is 2.53. The molecule has 0 aliphatic heterocycles. The van der Waals surface area contributed by atoms with Crippen molar-refractivity contribution in [2.24, 2.45) is 0 Å². The normalized spacial score (nSPS) is 11.9. The van der Waals surface area contributed by atoms with Crippen LogP contribution in [-0.2, 0) is 13.1 Å². The predicted molar refractivity (Wildman–Crippen MR) is 72.2 cm³/mol. The molecule has 0 fully saturated rings. The van der Waals surface area contributed by atoms with Crippen molar-refractivity contribution in [1.29, 1.82) is 0 Å². The molecule has 0 saturated carbocycles. The topological polar surface area (TPSA) is 29.9 Å². The van der Waals surface area contributed by atoms with Gasteiger partial charge in [0, 0.05) is 24.8 Å². The lowest BCUT2D eigenvalue weighted by atomic mass is 10.1. The summed E-state index contributed by atoms with van der Waals surface area (Å²) in [4.78, 5) is 4.23. The molecule has 4 heteroatoms. The summed E-state index contributed by atoms with van der Waals surface area (Å²) in [5.41, 5.74) is 2.70. The highest BCUT2D eigenvalue weighted by molar-refractivity contribution is 7.07. The Hall–Kier alpha value is -1.13. The first kappa shape index (κ1) is 12.3. The zero-order chi connectivity index (χ0) is 12.3. The van der Waals surface area contributed by atoms with Crippen LogP contribution in [0.2, 0.25) is 0 Å². The van der Waals surface area contributed by atoms with E-state index < -0.39 is 0 Å². The molecule has 0 aliphatic rings. The van der Waals surface area contributed by atoms with Crippen molar-refractivity contribution in [2.45, 2.75) is 39.4 Å². The Bertz CT molecular complexity index is 451. The maximum Gasteiger partial charge on any atom is 0.0951 e. The third-order valence-corrected chi connectivity index (χ3v) is 3.26. The number of imidazole rings is 1. The van der Waals surface area contributed by atoms with E-state index in [1.54, 1.807) is 11.3 Å². The van der Waals surface area contributed by atoms with Crippen molar-refractivity contribution < 1.29 is 0 Å². The minimum Gasteiger partial charge on any atom is -0.329 e. The molecule has 0 aliphatic carbocycles. The largest absolute Gasteiger partial charge is 0.329 e. The van der Waals surface area contributed by atoms with Gasteiger partial charge in [0.1, 0.15) is 0 Å². The van der Waals surface area contributed by atoms with Crippen molar-refractivity contribution in [3.63, 3.8) is 0 Å². The Morgan fingerprint density at radius 1 is 1.41 bits per heavy atom. The van der Waals surface area contributed by atoms with E-state index in [0.29, 0.717) is 0 Å². The molecule has 2 heterocycles. The maximum absolute atomic E-state index is 4.23. The number of nitrogens with one attached hydrogen (secondary N) is 1. The fourth-order valence-corrected chi connectivity index (χ4v) is 2.23. The highest BCUT2D eigenvalue weighted by atomic mass is 32.1. The Kier molecular flexibility index (Phi) is 3.64. The summed E-state index contributed by atoms with van der Waals surface area (Å²) >= 11 is 1.74. The maximum atomic E-state index is 4.23. The molecule has 0 aromatic carbocycles. The smallest absolute Gasteiger partial charge is 0.0951 e. The second kappa shape index (κ2) is 5.02. The van der Waals surface area contributed by atoms with Gasteiger partial charge >= 0.3 is 0 Å². The van der Waals surface area contributed by atoms with E-state index in [2.05, 4.69) is 52.5 Å². The molecule has 0 spiro atoms. The third kappa shape index (κ3) is 3.68. The van der Waals surface area contributed by atoms with Gasteiger partial charge in [-0.3, -0.25) is 0 Å². The van der Waals surface area contributed by atoms with E-state index in [4.69, 9.17) is 0 Å². The van der Waals surface area contributed by atoms with Crippen LogP contribution in [0.25, 0.3) is 0 Å². The number of nitrogens with zero attached hydrogens (tertiary/aromatic N) is 2. The quantitative estimate of drug-likeness (QED) is 0.903. The van der Waals surface area contributed by atoms with Gasteiger partial charge in [-0.25, -0.2) is 4.98 Å². The summed E-state index contributed by atoms with van der Waals surface area (Å²) in [6, 6.07) is 2.16. The number of aromatic nitrogens is 2. The molecule has 0 radical (unpaired) electrons. The van der Waals surface area contributed by atoms with Crippen molar-refractivity contribution in [1.82, 2.24) is 14.9 Å². The van der Waals surface area contributed by atoms with Gasteiger partial charge in [-0.2, -0.15) is 11.3 Å². The first-order chi connectivity index (χ1) is 8.04. The molecular weight excluding hydrogens is 230 g/mol. The van der Waals surface area contributed by atoms with Crippen LogP contribution in [0.5, 0.6) is 0 Å². The van der Waals surface area contributed by atoms with Crippen molar-refractivity contribution >= 4 is 11.3 Å². The molecule has 0 atom stereocenters. The molecule has 0 saturated heterocycles. The van der Waals surface area contributed by atoms with Gasteiger partial charge < -0.3 is 9.88 Å². The van der Waals surface area contributed by atoms with Gasteiger partial charge in [0.05, 0.1) is 12.0 Å². The molecule has 0 bridgehead atoms. The second-order valence-corrected chi connectivity index (χ2v) is 6.03. The molecule has 92 valence electrons. The SMILES string of the molecule is CC(C)(C)NCc1cncn1Cc1ccsc1. The van der Waals surface area contributed by atoms with Crippen LogP contribution < -0.4 is 5.32 Å². The monoisotopic (exact) mass is 249 g/mol. The molecule has 1 N–H and O–H groups in total. The van der Waals surface area contributed by atoms with Crippen LogP contribution in [0.15, 0.2) is 29.4 Å². The van der Waals surface area contributed by atoms with E-state index in [1.165, 1.54) is 11.3 Å². The fourth-order valence-electron chi connectivity index (χ4n) is 1.57. The number of hydrogen-bond acceptors (Lipinski definition) is 3. The van der Waals surface area contributed by atoms with E-state index in [0.717, 1.165) is 13.1 Å². The fraction of sp³-hybridized carbons (Fsp3) is 0.462. The van der Waals surface area contributed by atoms with Crippen LogP contribution in [0.1, 0.15) is 32.0 Å².